The molecule has 94 valence electrons. The van der Waals surface area contributed by atoms with Gasteiger partial charge in [-0.3, -0.25) is 11.3 Å². The van der Waals surface area contributed by atoms with E-state index >= 15 is 0 Å². The molecule has 17 heavy (non-hydrogen) atoms. The van der Waals surface area contributed by atoms with E-state index in [0.717, 1.165) is 16.6 Å². The normalized spacial score (nSPS) is 22.4. The Kier molecular flexibility index (Phi) is 4.85. The molecule has 0 saturated carbocycles. The van der Waals surface area contributed by atoms with Crippen LogP contribution in [0.3, 0.4) is 0 Å². The van der Waals surface area contributed by atoms with Gasteiger partial charge in [0.2, 0.25) is 0 Å². The van der Waals surface area contributed by atoms with Crippen LogP contribution in [0.2, 0.25) is 0 Å². The molecule has 2 nitrogen and oxygen atoms in total. The van der Waals surface area contributed by atoms with Crippen LogP contribution in [-0.4, -0.2) is 11.0 Å². The molecule has 0 bridgehead atoms. The first kappa shape index (κ1) is 13.3. The molecule has 1 fully saturated rings. The van der Waals surface area contributed by atoms with Crippen molar-refractivity contribution < 1.29 is 4.39 Å². The van der Waals surface area contributed by atoms with E-state index in [1.165, 1.54) is 18.9 Å². The van der Waals surface area contributed by atoms with E-state index in [1.807, 2.05) is 17.8 Å². The molecule has 1 aliphatic heterocycles. The van der Waals surface area contributed by atoms with Crippen LogP contribution >= 0.6 is 27.7 Å². The first-order valence-electron chi connectivity index (χ1n) is 5.75. The summed E-state index contributed by atoms with van der Waals surface area (Å²) in [4.78, 5) is 0. The van der Waals surface area contributed by atoms with Crippen LogP contribution < -0.4 is 11.3 Å². The summed E-state index contributed by atoms with van der Waals surface area (Å²) in [7, 11) is 0. The van der Waals surface area contributed by atoms with Gasteiger partial charge in [-0.25, -0.2) is 4.39 Å². The predicted octanol–water partition coefficient (Wildman–Crippen LogP) is 3.38. The number of nitrogens with one attached hydrogen (secondary N) is 1. The molecule has 2 rings (SSSR count). The molecule has 1 aromatic carbocycles. The highest BCUT2D eigenvalue weighted by atomic mass is 79.9. The summed E-state index contributed by atoms with van der Waals surface area (Å²) in [6, 6.07) is 4.89. The third-order valence-corrected chi connectivity index (χ3v) is 5.01. The van der Waals surface area contributed by atoms with Gasteiger partial charge >= 0.3 is 0 Å². The van der Waals surface area contributed by atoms with Crippen molar-refractivity contribution in [2.24, 2.45) is 5.84 Å². The molecule has 1 aromatic rings. The average molecular weight is 319 g/mol. The Morgan fingerprint density at radius 2 is 2.29 bits per heavy atom. The van der Waals surface area contributed by atoms with Crippen molar-refractivity contribution >= 4 is 27.7 Å². The Hall–Kier alpha value is -0.100. The summed E-state index contributed by atoms with van der Waals surface area (Å²) in [5.74, 6) is 6.55. The molecule has 3 N–H and O–H groups in total. The van der Waals surface area contributed by atoms with Gasteiger partial charge in [0.1, 0.15) is 5.82 Å². The number of benzene rings is 1. The summed E-state index contributed by atoms with van der Waals surface area (Å²) < 4.78 is 14.7. The highest BCUT2D eigenvalue weighted by molar-refractivity contribution is 9.10. The highest BCUT2D eigenvalue weighted by Gasteiger charge is 2.26. The molecule has 2 unspecified atom stereocenters. The minimum atomic E-state index is -0.192. The first-order chi connectivity index (χ1) is 8.22. The second-order valence-corrected chi connectivity index (χ2v) is 6.48. The second-order valence-electron chi connectivity index (χ2n) is 4.22. The van der Waals surface area contributed by atoms with Crippen molar-refractivity contribution in [2.45, 2.75) is 30.6 Å². The standard InChI is InChI=1S/C12H16BrFN2S/c13-8-4-5-10(14)9(7-8)12(16-15)11-3-1-2-6-17-11/h4-5,7,11-12,16H,1-3,6,15H2. The molecule has 0 aliphatic carbocycles. The first-order valence-corrected chi connectivity index (χ1v) is 7.59. The van der Waals surface area contributed by atoms with Crippen molar-refractivity contribution in [1.82, 2.24) is 5.43 Å². The Labute approximate surface area is 114 Å². The van der Waals surface area contributed by atoms with Crippen LogP contribution in [0.25, 0.3) is 0 Å². The van der Waals surface area contributed by atoms with E-state index in [2.05, 4.69) is 21.4 Å². The third kappa shape index (κ3) is 3.22. The zero-order valence-electron chi connectivity index (χ0n) is 9.46. The van der Waals surface area contributed by atoms with E-state index in [9.17, 15) is 4.39 Å². The Morgan fingerprint density at radius 1 is 1.47 bits per heavy atom. The van der Waals surface area contributed by atoms with Crippen molar-refractivity contribution in [3.8, 4) is 0 Å². The lowest BCUT2D eigenvalue weighted by atomic mass is 9.99. The smallest absolute Gasteiger partial charge is 0.128 e. The summed E-state index contributed by atoms with van der Waals surface area (Å²) in [6.07, 6.45) is 3.54. The number of rotatable bonds is 3. The Morgan fingerprint density at radius 3 is 2.94 bits per heavy atom. The number of halogens is 2. The van der Waals surface area contributed by atoms with Gasteiger partial charge in [0.25, 0.3) is 0 Å². The number of hydrazine groups is 1. The largest absolute Gasteiger partial charge is 0.271 e. The van der Waals surface area contributed by atoms with Crippen molar-refractivity contribution in [3.05, 3.63) is 34.1 Å². The Balaban J connectivity index is 2.24. The summed E-state index contributed by atoms with van der Waals surface area (Å²) in [6.45, 7) is 0. The SMILES string of the molecule is NNC(c1cc(Br)ccc1F)C1CCCCS1. The molecule has 1 saturated heterocycles. The molecule has 5 heteroatoms. The Bertz CT molecular complexity index is 383. The zero-order chi connectivity index (χ0) is 12.3. The average Bonchev–Trinajstić information content (AvgIpc) is 2.36. The quantitative estimate of drug-likeness (QED) is 0.663. The van der Waals surface area contributed by atoms with Gasteiger partial charge in [-0.2, -0.15) is 11.8 Å². The molecule has 0 aromatic heterocycles. The van der Waals surface area contributed by atoms with Gasteiger partial charge in [0, 0.05) is 15.3 Å². The highest BCUT2D eigenvalue weighted by Crippen LogP contribution is 2.35. The lowest BCUT2D eigenvalue weighted by Gasteiger charge is -2.29. The summed E-state index contributed by atoms with van der Waals surface area (Å²) in [5, 5.41) is 0.359. The maximum absolute atomic E-state index is 13.8. The molecule has 0 amide bonds. The fourth-order valence-corrected chi connectivity index (χ4v) is 3.98. The second kappa shape index (κ2) is 6.18. The molecular weight excluding hydrogens is 303 g/mol. The molecule has 0 radical (unpaired) electrons. The lowest BCUT2D eigenvalue weighted by Crippen LogP contribution is -2.36. The van der Waals surface area contributed by atoms with E-state index in [-0.39, 0.29) is 11.9 Å². The van der Waals surface area contributed by atoms with E-state index in [4.69, 9.17) is 5.84 Å². The van der Waals surface area contributed by atoms with Crippen molar-refractivity contribution in [1.29, 1.82) is 0 Å². The van der Waals surface area contributed by atoms with Crippen LogP contribution in [0.5, 0.6) is 0 Å². The minimum Gasteiger partial charge on any atom is -0.271 e. The summed E-state index contributed by atoms with van der Waals surface area (Å²) >= 11 is 5.26. The number of hydrogen-bond acceptors (Lipinski definition) is 3. The van der Waals surface area contributed by atoms with E-state index < -0.39 is 0 Å². The van der Waals surface area contributed by atoms with Crippen molar-refractivity contribution in [3.63, 3.8) is 0 Å². The fraction of sp³-hybridized carbons (Fsp3) is 0.500. The lowest BCUT2D eigenvalue weighted by molar-refractivity contribution is 0.468. The minimum absolute atomic E-state index is 0.113. The fourth-order valence-electron chi connectivity index (χ4n) is 2.18. The number of thioether (sulfide) groups is 1. The molecule has 1 aliphatic rings. The van der Waals surface area contributed by atoms with Gasteiger partial charge < -0.3 is 0 Å². The van der Waals surface area contributed by atoms with E-state index in [1.54, 1.807) is 6.07 Å². The van der Waals surface area contributed by atoms with Crippen LogP contribution in [0.1, 0.15) is 30.9 Å². The van der Waals surface area contributed by atoms with Gasteiger partial charge in [-0.1, -0.05) is 22.4 Å². The van der Waals surface area contributed by atoms with Gasteiger partial charge in [0.15, 0.2) is 0 Å². The van der Waals surface area contributed by atoms with Crippen LogP contribution in [0.15, 0.2) is 22.7 Å². The van der Waals surface area contributed by atoms with Crippen LogP contribution in [-0.2, 0) is 0 Å². The van der Waals surface area contributed by atoms with Crippen LogP contribution in [0.4, 0.5) is 4.39 Å². The zero-order valence-corrected chi connectivity index (χ0v) is 11.9. The predicted molar refractivity (Wildman–Crippen MR) is 74.3 cm³/mol. The molecule has 2 atom stereocenters. The van der Waals surface area contributed by atoms with Gasteiger partial charge in [0.05, 0.1) is 6.04 Å². The third-order valence-electron chi connectivity index (χ3n) is 3.06. The van der Waals surface area contributed by atoms with Gasteiger partial charge in [-0.05, 0) is 36.8 Å². The maximum atomic E-state index is 13.8. The summed E-state index contributed by atoms with van der Waals surface area (Å²) in [5.41, 5.74) is 3.43. The molecular formula is C12H16BrFN2S. The number of hydrogen-bond donors (Lipinski definition) is 2. The molecule has 0 spiro atoms. The number of nitrogens with two attached hydrogens (primary N) is 1. The maximum Gasteiger partial charge on any atom is 0.128 e. The van der Waals surface area contributed by atoms with E-state index in [0.29, 0.717) is 10.8 Å². The van der Waals surface area contributed by atoms with Crippen LogP contribution in [0, 0.1) is 5.82 Å². The molecule has 1 heterocycles. The van der Waals surface area contributed by atoms with Crippen molar-refractivity contribution in [2.75, 3.05) is 5.75 Å². The topological polar surface area (TPSA) is 38.0 Å². The van der Waals surface area contributed by atoms with Gasteiger partial charge in [-0.15, -0.1) is 0 Å². The monoisotopic (exact) mass is 318 g/mol.